The summed E-state index contributed by atoms with van der Waals surface area (Å²) in [5.41, 5.74) is 5.55. The highest BCUT2D eigenvalue weighted by Gasteiger charge is 2.60. The molecule has 0 amide bonds. The van der Waals surface area contributed by atoms with Gasteiger partial charge in [-0.2, -0.15) is 0 Å². The second kappa shape index (κ2) is 5.66. The molecular formula is C20H28N2. The van der Waals surface area contributed by atoms with Gasteiger partial charge < -0.3 is 5.32 Å². The van der Waals surface area contributed by atoms with Crippen molar-refractivity contribution in [3.63, 3.8) is 0 Å². The number of hydrogen-bond donors (Lipinski definition) is 1. The van der Waals surface area contributed by atoms with E-state index in [2.05, 4.69) is 64.3 Å². The molecule has 1 aliphatic carbocycles. The van der Waals surface area contributed by atoms with E-state index < -0.39 is 0 Å². The lowest BCUT2D eigenvalue weighted by atomic mass is 9.87. The van der Waals surface area contributed by atoms with E-state index in [-0.39, 0.29) is 0 Å². The van der Waals surface area contributed by atoms with Gasteiger partial charge in [0, 0.05) is 16.5 Å². The first kappa shape index (κ1) is 15.5. The molecule has 0 aliphatic heterocycles. The maximum absolute atomic E-state index is 4.72. The number of nitrogens with one attached hydrogen (secondary N) is 1. The van der Waals surface area contributed by atoms with Gasteiger partial charge in [0.15, 0.2) is 0 Å². The summed E-state index contributed by atoms with van der Waals surface area (Å²) in [6, 6.07) is 9.22. The van der Waals surface area contributed by atoms with Crippen molar-refractivity contribution in [2.45, 2.75) is 46.0 Å². The fourth-order valence-corrected chi connectivity index (χ4v) is 4.60. The summed E-state index contributed by atoms with van der Waals surface area (Å²) in [5.74, 6) is 1.51. The van der Waals surface area contributed by atoms with Crippen LogP contribution in [-0.4, -0.2) is 18.6 Å². The van der Waals surface area contributed by atoms with Gasteiger partial charge in [0.2, 0.25) is 0 Å². The quantitative estimate of drug-likeness (QED) is 0.892. The summed E-state index contributed by atoms with van der Waals surface area (Å²) >= 11 is 0. The van der Waals surface area contributed by atoms with Crippen molar-refractivity contribution >= 4 is 10.9 Å². The van der Waals surface area contributed by atoms with Crippen LogP contribution in [0.3, 0.4) is 0 Å². The molecule has 0 radical (unpaired) electrons. The van der Waals surface area contributed by atoms with E-state index in [4.69, 9.17) is 4.98 Å². The fraction of sp³-hybridized carbons (Fsp3) is 0.550. The second-order valence-corrected chi connectivity index (χ2v) is 6.86. The van der Waals surface area contributed by atoms with E-state index in [1.165, 1.54) is 22.9 Å². The van der Waals surface area contributed by atoms with Crippen LogP contribution >= 0.6 is 0 Å². The normalized spacial score (nSPS) is 27.3. The molecule has 1 fully saturated rings. The molecule has 0 spiro atoms. The Kier molecular flexibility index (Phi) is 3.98. The third-order valence-electron chi connectivity index (χ3n) is 5.92. The molecule has 118 valence electrons. The van der Waals surface area contributed by atoms with Crippen LogP contribution in [0.25, 0.3) is 10.9 Å². The van der Waals surface area contributed by atoms with Crippen molar-refractivity contribution in [1.82, 2.24) is 10.3 Å². The molecule has 1 saturated carbocycles. The van der Waals surface area contributed by atoms with Crippen molar-refractivity contribution in [3.8, 4) is 0 Å². The first-order valence-corrected chi connectivity index (χ1v) is 8.63. The molecule has 1 N–H and O–H groups in total. The van der Waals surface area contributed by atoms with Crippen molar-refractivity contribution < 1.29 is 0 Å². The minimum atomic E-state index is 0.354. The third kappa shape index (κ3) is 2.16. The minimum Gasteiger partial charge on any atom is -0.319 e. The van der Waals surface area contributed by atoms with Gasteiger partial charge >= 0.3 is 0 Å². The summed E-state index contributed by atoms with van der Waals surface area (Å²) in [6.45, 7) is 10.2. The van der Waals surface area contributed by atoms with Gasteiger partial charge in [0.1, 0.15) is 0 Å². The van der Waals surface area contributed by atoms with Gasteiger partial charge in [0.05, 0.1) is 5.52 Å². The number of fused-ring (bicyclic) bond motifs is 1. The van der Waals surface area contributed by atoms with Gasteiger partial charge in [0.25, 0.3) is 0 Å². The van der Waals surface area contributed by atoms with Crippen LogP contribution in [0.2, 0.25) is 0 Å². The molecule has 3 rings (SSSR count). The van der Waals surface area contributed by atoms with Crippen LogP contribution < -0.4 is 5.32 Å². The SMILES string of the molecule is CCc1cc(C)nc2ccc(C3(CC)C(C)C3CNC)cc12. The van der Waals surface area contributed by atoms with Crippen LogP contribution in [0.5, 0.6) is 0 Å². The number of aromatic nitrogens is 1. The lowest BCUT2D eigenvalue weighted by Crippen LogP contribution is -2.17. The molecule has 1 heterocycles. The predicted molar refractivity (Wildman–Crippen MR) is 94.4 cm³/mol. The second-order valence-electron chi connectivity index (χ2n) is 6.86. The van der Waals surface area contributed by atoms with Gasteiger partial charge in [-0.3, -0.25) is 4.98 Å². The van der Waals surface area contributed by atoms with E-state index in [1.54, 1.807) is 0 Å². The Morgan fingerprint density at radius 3 is 2.64 bits per heavy atom. The smallest absolute Gasteiger partial charge is 0.0708 e. The molecule has 1 aliphatic rings. The van der Waals surface area contributed by atoms with Crippen LogP contribution in [-0.2, 0) is 11.8 Å². The maximum atomic E-state index is 4.72. The van der Waals surface area contributed by atoms with E-state index >= 15 is 0 Å². The van der Waals surface area contributed by atoms with Crippen molar-refractivity contribution in [3.05, 3.63) is 41.1 Å². The lowest BCUT2D eigenvalue weighted by Gasteiger charge is -2.18. The predicted octanol–water partition coefficient (Wildman–Crippen LogP) is 4.24. The Hall–Kier alpha value is -1.41. The number of pyridine rings is 1. The number of rotatable bonds is 5. The first-order valence-electron chi connectivity index (χ1n) is 8.63. The largest absolute Gasteiger partial charge is 0.319 e. The summed E-state index contributed by atoms with van der Waals surface area (Å²) in [7, 11) is 2.06. The summed E-state index contributed by atoms with van der Waals surface area (Å²) in [5, 5.41) is 4.72. The van der Waals surface area contributed by atoms with Crippen LogP contribution in [0, 0.1) is 18.8 Å². The molecular weight excluding hydrogens is 268 g/mol. The Bertz CT molecular complexity index is 691. The van der Waals surface area contributed by atoms with Crippen LogP contribution in [0.15, 0.2) is 24.3 Å². The Morgan fingerprint density at radius 1 is 1.23 bits per heavy atom. The van der Waals surface area contributed by atoms with Crippen molar-refractivity contribution in [2.24, 2.45) is 11.8 Å². The van der Waals surface area contributed by atoms with Crippen molar-refractivity contribution in [1.29, 1.82) is 0 Å². The van der Waals surface area contributed by atoms with Gasteiger partial charge in [-0.15, -0.1) is 0 Å². The molecule has 1 aromatic carbocycles. The highest BCUT2D eigenvalue weighted by molar-refractivity contribution is 5.83. The zero-order valence-electron chi connectivity index (χ0n) is 14.5. The highest BCUT2D eigenvalue weighted by Crippen LogP contribution is 2.61. The van der Waals surface area contributed by atoms with E-state index in [1.807, 2.05) is 0 Å². The molecule has 2 heteroatoms. The molecule has 2 nitrogen and oxygen atoms in total. The molecule has 0 saturated heterocycles. The maximum Gasteiger partial charge on any atom is 0.0708 e. The molecule has 2 aromatic rings. The molecule has 0 bridgehead atoms. The molecule has 3 atom stereocenters. The topological polar surface area (TPSA) is 24.9 Å². The number of nitrogens with zero attached hydrogens (tertiary/aromatic N) is 1. The zero-order chi connectivity index (χ0) is 15.9. The van der Waals surface area contributed by atoms with Gasteiger partial charge in [-0.05, 0) is 74.5 Å². The Morgan fingerprint density at radius 2 is 2.00 bits per heavy atom. The minimum absolute atomic E-state index is 0.354. The zero-order valence-corrected chi connectivity index (χ0v) is 14.5. The number of benzene rings is 1. The van der Waals surface area contributed by atoms with Gasteiger partial charge in [-0.25, -0.2) is 0 Å². The summed E-state index contributed by atoms with van der Waals surface area (Å²) in [6.07, 6.45) is 2.28. The van der Waals surface area contributed by atoms with Crippen LogP contribution in [0.4, 0.5) is 0 Å². The lowest BCUT2D eigenvalue weighted by molar-refractivity contribution is 0.556. The monoisotopic (exact) mass is 296 g/mol. The third-order valence-corrected chi connectivity index (χ3v) is 5.92. The molecule has 22 heavy (non-hydrogen) atoms. The average Bonchev–Trinajstić information content (AvgIpc) is 3.10. The van der Waals surface area contributed by atoms with Crippen LogP contribution in [0.1, 0.15) is 44.0 Å². The number of hydrogen-bond acceptors (Lipinski definition) is 2. The first-order chi connectivity index (χ1) is 10.6. The van der Waals surface area contributed by atoms with Crippen molar-refractivity contribution in [2.75, 3.05) is 13.6 Å². The van der Waals surface area contributed by atoms with E-state index in [0.717, 1.165) is 36.0 Å². The Balaban J connectivity index is 2.11. The molecule has 3 unspecified atom stereocenters. The number of aryl methyl sites for hydroxylation is 2. The highest BCUT2D eigenvalue weighted by atomic mass is 14.9. The fourth-order valence-electron chi connectivity index (χ4n) is 4.60. The summed E-state index contributed by atoms with van der Waals surface area (Å²) < 4.78 is 0. The average molecular weight is 296 g/mol. The standard InChI is InChI=1S/C20H28N2/c1-6-15-10-13(3)22-19-9-8-16(11-17(15)19)20(7-2)14(4)18(20)12-21-5/h8-11,14,18,21H,6-7,12H2,1-5H3. The van der Waals surface area contributed by atoms with E-state index in [0.29, 0.717) is 5.41 Å². The summed E-state index contributed by atoms with van der Waals surface area (Å²) in [4.78, 5) is 4.72. The molecule has 1 aromatic heterocycles. The Labute approximate surface area is 134 Å². The van der Waals surface area contributed by atoms with E-state index in [9.17, 15) is 0 Å². The van der Waals surface area contributed by atoms with Gasteiger partial charge in [-0.1, -0.05) is 26.8 Å².